The van der Waals surface area contributed by atoms with E-state index in [9.17, 15) is 14.9 Å². The minimum Gasteiger partial charge on any atom is -0.454 e. The van der Waals surface area contributed by atoms with Crippen molar-refractivity contribution in [3.63, 3.8) is 0 Å². The second-order valence-corrected chi connectivity index (χ2v) is 8.49. The van der Waals surface area contributed by atoms with Gasteiger partial charge in [0.1, 0.15) is 12.4 Å². The second kappa shape index (κ2) is 6.64. The zero-order valence-corrected chi connectivity index (χ0v) is 16.8. The van der Waals surface area contributed by atoms with Crippen molar-refractivity contribution in [2.75, 3.05) is 12.1 Å². The molecule has 0 radical (unpaired) electrons. The topological polar surface area (TPSA) is 121 Å². The number of hydrogen-bond acceptors (Lipinski definition) is 9. The van der Waals surface area contributed by atoms with Crippen molar-refractivity contribution < 1.29 is 19.2 Å². The fourth-order valence-corrected chi connectivity index (χ4v) is 5.32. The van der Waals surface area contributed by atoms with Crippen LogP contribution in [-0.2, 0) is 4.79 Å². The zero-order valence-electron chi connectivity index (χ0n) is 16.0. The number of nitrogens with zero attached hydrogens (tertiary/aromatic N) is 4. The Labute approximate surface area is 179 Å². The first kappa shape index (κ1) is 18.1. The molecule has 1 aliphatic carbocycles. The van der Waals surface area contributed by atoms with Crippen molar-refractivity contribution in [1.29, 1.82) is 0 Å². The number of ketones is 1. The van der Waals surface area contributed by atoms with Crippen LogP contribution in [0, 0.1) is 10.1 Å². The van der Waals surface area contributed by atoms with Crippen LogP contribution in [-0.4, -0.2) is 32.3 Å². The molecule has 156 valence electrons. The normalized spacial score (nSPS) is 21.5. The molecule has 6 rings (SSSR count). The number of ether oxygens (including phenoxy) is 2. The fraction of sp³-hybridized carbons (Fsp3) is 0.250. The number of hydrogen-bond donors (Lipinski definition) is 1. The maximum Gasteiger partial charge on any atom is 0.279 e. The molecule has 10 nitrogen and oxygen atoms in total. The van der Waals surface area contributed by atoms with E-state index in [1.807, 2.05) is 17.5 Å². The molecule has 0 saturated heterocycles. The molecule has 0 amide bonds. The van der Waals surface area contributed by atoms with Gasteiger partial charge in [0.25, 0.3) is 5.69 Å². The molecule has 0 unspecified atom stereocenters. The Hall–Kier alpha value is -3.73. The smallest absolute Gasteiger partial charge is 0.279 e. The summed E-state index contributed by atoms with van der Waals surface area (Å²) in [5, 5.41) is 21.4. The standard InChI is InChI=1S/C20H15N5O5S/c26-14-5-10(17-2-1-3-31-17)4-12-18(14)19(24-20(23-12)21-8-22-24)11-6-15-16(30-9-29-15)7-13(11)25(27)28/h1-3,6-8,10,19H,4-5,9H2,(H,21,22,23)/t10-,19-/m0/s1. The number of nitro groups is 1. The van der Waals surface area contributed by atoms with Gasteiger partial charge in [-0.3, -0.25) is 14.9 Å². The molecule has 1 N–H and O–H groups in total. The highest BCUT2D eigenvalue weighted by molar-refractivity contribution is 7.10. The Morgan fingerprint density at radius 1 is 1.26 bits per heavy atom. The first-order valence-corrected chi connectivity index (χ1v) is 10.5. The molecule has 0 bridgehead atoms. The van der Waals surface area contributed by atoms with Crippen LogP contribution in [0.2, 0.25) is 0 Å². The molecule has 0 spiro atoms. The average Bonchev–Trinajstić information content (AvgIpc) is 3.52. The second-order valence-electron chi connectivity index (χ2n) is 7.51. The van der Waals surface area contributed by atoms with Crippen molar-refractivity contribution >= 4 is 28.8 Å². The number of thiophene rings is 1. The number of anilines is 1. The number of carbonyl (C=O) groups is 1. The van der Waals surface area contributed by atoms with Crippen molar-refractivity contribution in [3.05, 3.63) is 67.8 Å². The first-order valence-electron chi connectivity index (χ1n) is 9.64. The van der Waals surface area contributed by atoms with Gasteiger partial charge in [0.05, 0.1) is 16.6 Å². The lowest BCUT2D eigenvalue weighted by Crippen LogP contribution is -2.33. The van der Waals surface area contributed by atoms with Crippen LogP contribution in [0.4, 0.5) is 11.6 Å². The number of fused-ring (bicyclic) bond motifs is 2. The quantitative estimate of drug-likeness (QED) is 0.489. The van der Waals surface area contributed by atoms with E-state index in [4.69, 9.17) is 9.47 Å². The maximum atomic E-state index is 13.4. The van der Waals surface area contributed by atoms with Crippen LogP contribution in [0.3, 0.4) is 0 Å². The van der Waals surface area contributed by atoms with Crippen molar-refractivity contribution in [1.82, 2.24) is 14.8 Å². The van der Waals surface area contributed by atoms with E-state index in [2.05, 4.69) is 15.4 Å². The maximum absolute atomic E-state index is 13.4. The number of rotatable bonds is 3. The Balaban J connectivity index is 1.53. The molecule has 0 saturated carbocycles. The van der Waals surface area contributed by atoms with E-state index in [0.29, 0.717) is 41.4 Å². The molecule has 4 heterocycles. The number of nitrogens with one attached hydrogen (secondary N) is 1. The van der Waals surface area contributed by atoms with E-state index >= 15 is 0 Å². The van der Waals surface area contributed by atoms with E-state index < -0.39 is 11.0 Å². The summed E-state index contributed by atoms with van der Waals surface area (Å²) in [5.41, 5.74) is 1.37. The third-order valence-electron chi connectivity index (χ3n) is 5.82. The molecule has 0 fully saturated rings. The van der Waals surface area contributed by atoms with Crippen LogP contribution < -0.4 is 14.8 Å². The van der Waals surface area contributed by atoms with Gasteiger partial charge in [-0.15, -0.1) is 11.3 Å². The number of aromatic nitrogens is 3. The Morgan fingerprint density at radius 2 is 2.10 bits per heavy atom. The first-order chi connectivity index (χ1) is 15.1. The summed E-state index contributed by atoms with van der Waals surface area (Å²) in [6.45, 7) is -0.00783. The highest BCUT2D eigenvalue weighted by atomic mass is 32.1. The Kier molecular flexibility index (Phi) is 3.87. The lowest BCUT2D eigenvalue weighted by Gasteiger charge is -2.34. The van der Waals surface area contributed by atoms with Crippen LogP contribution in [0.25, 0.3) is 0 Å². The summed E-state index contributed by atoms with van der Waals surface area (Å²) in [5.74, 6) is 1.15. The molecule has 31 heavy (non-hydrogen) atoms. The molecular weight excluding hydrogens is 422 g/mol. The number of Topliss-reactive ketones (excluding diaryl/α,β-unsaturated/α-hetero) is 1. The summed E-state index contributed by atoms with van der Waals surface area (Å²) < 4.78 is 12.3. The summed E-state index contributed by atoms with van der Waals surface area (Å²) in [6, 6.07) is 6.14. The molecule has 2 atom stereocenters. The Morgan fingerprint density at radius 3 is 2.87 bits per heavy atom. The fourth-order valence-electron chi connectivity index (χ4n) is 4.49. The van der Waals surface area contributed by atoms with Gasteiger partial charge in [0, 0.05) is 28.5 Å². The zero-order chi connectivity index (χ0) is 21.1. The van der Waals surface area contributed by atoms with Gasteiger partial charge in [-0.25, -0.2) is 4.68 Å². The van der Waals surface area contributed by atoms with Gasteiger partial charge in [-0.1, -0.05) is 6.07 Å². The van der Waals surface area contributed by atoms with E-state index in [-0.39, 0.29) is 24.2 Å². The van der Waals surface area contributed by atoms with Gasteiger partial charge in [-0.05, 0) is 23.9 Å². The van der Waals surface area contributed by atoms with Crippen molar-refractivity contribution in [2.45, 2.75) is 24.8 Å². The molecule has 2 aliphatic heterocycles. The summed E-state index contributed by atoms with van der Waals surface area (Å²) >= 11 is 1.62. The summed E-state index contributed by atoms with van der Waals surface area (Å²) in [4.78, 5) is 30.2. The third kappa shape index (κ3) is 2.73. The lowest BCUT2D eigenvalue weighted by molar-refractivity contribution is -0.385. The summed E-state index contributed by atoms with van der Waals surface area (Å²) in [7, 11) is 0. The highest BCUT2D eigenvalue weighted by Crippen LogP contribution is 2.48. The minimum atomic E-state index is -0.777. The molecule has 3 aromatic rings. The van der Waals surface area contributed by atoms with Gasteiger partial charge in [-0.2, -0.15) is 10.1 Å². The number of allylic oxidation sites excluding steroid dienone is 2. The van der Waals surface area contributed by atoms with E-state index in [0.717, 1.165) is 10.6 Å². The Bertz CT molecular complexity index is 1260. The van der Waals surface area contributed by atoms with E-state index in [1.54, 1.807) is 17.4 Å². The highest BCUT2D eigenvalue weighted by Gasteiger charge is 2.42. The SMILES string of the molecule is O=C1C[C@@H](c2cccs2)CC2=C1[C@H](c1cc3c(cc1[N+](=O)[O-])OCO3)n1ncnc1N2. The van der Waals surface area contributed by atoms with Gasteiger partial charge < -0.3 is 14.8 Å². The predicted molar refractivity (Wildman–Crippen MR) is 109 cm³/mol. The monoisotopic (exact) mass is 437 g/mol. The van der Waals surface area contributed by atoms with Crippen LogP contribution in [0.15, 0.2) is 47.2 Å². The minimum absolute atomic E-state index is 0.00783. The van der Waals surface area contributed by atoms with E-state index in [1.165, 1.54) is 17.1 Å². The molecule has 2 aromatic heterocycles. The van der Waals surface area contributed by atoms with Gasteiger partial charge in [0.15, 0.2) is 17.3 Å². The number of nitro benzene ring substituents is 1. The average molecular weight is 437 g/mol. The van der Waals surface area contributed by atoms with Gasteiger partial charge >= 0.3 is 0 Å². The lowest BCUT2D eigenvalue weighted by atomic mass is 9.79. The molecule has 3 aliphatic rings. The van der Waals surface area contributed by atoms with Crippen LogP contribution >= 0.6 is 11.3 Å². The number of carbonyl (C=O) groups excluding carboxylic acids is 1. The molecule has 1 aromatic carbocycles. The van der Waals surface area contributed by atoms with Crippen LogP contribution in [0.1, 0.15) is 35.2 Å². The summed E-state index contributed by atoms with van der Waals surface area (Å²) in [6.07, 6.45) is 2.32. The van der Waals surface area contributed by atoms with Gasteiger partial charge in [0.2, 0.25) is 12.7 Å². The predicted octanol–water partition coefficient (Wildman–Crippen LogP) is 3.39. The van der Waals surface area contributed by atoms with Crippen molar-refractivity contribution in [3.8, 4) is 11.5 Å². The van der Waals surface area contributed by atoms with Crippen molar-refractivity contribution in [2.24, 2.45) is 0 Å². The van der Waals surface area contributed by atoms with Crippen LogP contribution in [0.5, 0.6) is 11.5 Å². The molecular formula is C20H15N5O5S. The third-order valence-corrected chi connectivity index (χ3v) is 6.86. The number of benzene rings is 1. The molecule has 11 heteroatoms. The largest absolute Gasteiger partial charge is 0.454 e.